The van der Waals surface area contributed by atoms with E-state index in [4.69, 9.17) is 14.2 Å². The summed E-state index contributed by atoms with van der Waals surface area (Å²) in [6, 6.07) is 7.74. The standard InChI is InChI=1S/C21H33NO4/c1-3-26-21(23)19-7-9-20(10-8-19)22-13-11-18(12-14-22)17-25-16-6-4-5-15-24-2/h7-10,18H,3-6,11-17H2,1-2H3. The highest BCUT2D eigenvalue weighted by atomic mass is 16.5. The van der Waals surface area contributed by atoms with Gasteiger partial charge in [0.15, 0.2) is 0 Å². The van der Waals surface area contributed by atoms with Crippen molar-refractivity contribution in [2.24, 2.45) is 5.92 Å². The molecule has 2 rings (SSSR count). The zero-order chi connectivity index (χ0) is 18.6. The number of carbonyl (C=O) groups excluding carboxylic acids is 1. The lowest BCUT2D eigenvalue weighted by Gasteiger charge is -2.33. The molecule has 5 nitrogen and oxygen atoms in total. The van der Waals surface area contributed by atoms with Gasteiger partial charge in [0.05, 0.1) is 12.2 Å². The Balaban J connectivity index is 1.64. The van der Waals surface area contributed by atoms with Crippen LogP contribution in [0.25, 0.3) is 0 Å². The number of nitrogens with zero attached hydrogens (tertiary/aromatic N) is 1. The molecule has 1 aliphatic rings. The molecule has 26 heavy (non-hydrogen) atoms. The quantitative estimate of drug-likeness (QED) is 0.441. The Morgan fingerprint density at radius 1 is 1.08 bits per heavy atom. The van der Waals surface area contributed by atoms with Crippen LogP contribution in [0.2, 0.25) is 0 Å². The van der Waals surface area contributed by atoms with E-state index >= 15 is 0 Å². The van der Waals surface area contributed by atoms with Crippen molar-refractivity contribution in [1.82, 2.24) is 0 Å². The van der Waals surface area contributed by atoms with E-state index in [0.29, 0.717) is 18.1 Å². The van der Waals surface area contributed by atoms with Gasteiger partial charge in [-0.15, -0.1) is 0 Å². The summed E-state index contributed by atoms with van der Waals surface area (Å²) in [6.07, 6.45) is 5.73. The van der Waals surface area contributed by atoms with Gasteiger partial charge in [0, 0.05) is 45.7 Å². The summed E-state index contributed by atoms with van der Waals surface area (Å²) in [6.45, 7) is 6.89. The van der Waals surface area contributed by atoms with Crippen LogP contribution in [0, 0.1) is 5.92 Å². The first kappa shape index (κ1) is 20.7. The van der Waals surface area contributed by atoms with Gasteiger partial charge in [0.2, 0.25) is 0 Å². The Hall–Kier alpha value is -1.59. The minimum atomic E-state index is -0.253. The van der Waals surface area contributed by atoms with Crippen molar-refractivity contribution >= 4 is 11.7 Å². The molecule has 1 heterocycles. The number of hydrogen-bond donors (Lipinski definition) is 0. The fraction of sp³-hybridized carbons (Fsp3) is 0.667. The maximum atomic E-state index is 11.7. The van der Waals surface area contributed by atoms with Crippen molar-refractivity contribution in [2.45, 2.75) is 39.0 Å². The largest absolute Gasteiger partial charge is 0.462 e. The third kappa shape index (κ3) is 6.96. The third-order valence-corrected chi connectivity index (χ3v) is 4.85. The van der Waals surface area contributed by atoms with E-state index in [1.165, 1.54) is 12.1 Å². The minimum Gasteiger partial charge on any atom is -0.462 e. The van der Waals surface area contributed by atoms with E-state index in [9.17, 15) is 4.79 Å². The highest BCUT2D eigenvalue weighted by Crippen LogP contribution is 2.24. The maximum Gasteiger partial charge on any atom is 0.338 e. The molecule has 0 radical (unpaired) electrons. The summed E-state index contributed by atoms with van der Waals surface area (Å²) >= 11 is 0. The molecule has 0 bridgehead atoms. The average Bonchev–Trinajstić information content (AvgIpc) is 2.68. The second kappa shape index (κ2) is 11.9. The molecule has 0 saturated carbocycles. The van der Waals surface area contributed by atoms with E-state index in [1.807, 2.05) is 31.2 Å². The number of anilines is 1. The number of ether oxygens (including phenoxy) is 3. The van der Waals surface area contributed by atoms with Gasteiger partial charge in [-0.25, -0.2) is 4.79 Å². The van der Waals surface area contributed by atoms with Crippen LogP contribution in [-0.4, -0.2) is 52.6 Å². The Kier molecular flexibility index (Phi) is 9.50. The van der Waals surface area contributed by atoms with E-state index in [2.05, 4.69) is 4.90 Å². The van der Waals surface area contributed by atoms with Crippen molar-refractivity contribution in [3.63, 3.8) is 0 Å². The van der Waals surface area contributed by atoms with Crippen LogP contribution in [-0.2, 0) is 14.2 Å². The molecule has 146 valence electrons. The lowest BCUT2D eigenvalue weighted by atomic mass is 9.97. The van der Waals surface area contributed by atoms with Crippen molar-refractivity contribution in [2.75, 3.05) is 51.5 Å². The molecule has 1 aromatic carbocycles. The average molecular weight is 363 g/mol. The number of carbonyl (C=O) groups is 1. The number of esters is 1. The van der Waals surface area contributed by atoms with Crippen LogP contribution in [0.3, 0.4) is 0 Å². The third-order valence-electron chi connectivity index (χ3n) is 4.85. The van der Waals surface area contributed by atoms with Crippen molar-refractivity contribution in [3.05, 3.63) is 29.8 Å². The second-order valence-electron chi connectivity index (χ2n) is 6.83. The molecule has 1 aromatic rings. The molecule has 1 aliphatic heterocycles. The van der Waals surface area contributed by atoms with Gasteiger partial charge in [0.1, 0.15) is 0 Å². The van der Waals surface area contributed by atoms with Gasteiger partial charge in [-0.2, -0.15) is 0 Å². The van der Waals surface area contributed by atoms with Crippen LogP contribution < -0.4 is 4.90 Å². The summed E-state index contributed by atoms with van der Waals surface area (Å²) in [5.74, 6) is 0.404. The van der Waals surface area contributed by atoms with Crippen molar-refractivity contribution in [3.8, 4) is 0 Å². The molecule has 0 amide bonds. The van der Waals surface area contributed by atoms with Gasteiger partial charge in [-0.3, -0.25) is 0 Å². The molecule has 1 fully saturated rings. The fourth-order valence-electron chi connectivity index (χ4n) is 3.26. The first-order valence-corrected chi connectivity index (χ1v) is 9.83. The van der Waals surface area contributed by atoms with Crippen LogP contribution in [0.5, 0.6) is 0 Å². The van der Waals surface area contributed by atoms with Gasteiger partial charge in [-0.05, 0) is 69.2 Å². The summed E-state index contributed by atoms with van der Waals surface area (Å²) in [7, 11) is 1.75. The van der Waals surface area contributed by atoms with Crippen LogP contribution in [0.1, 0.15) is 49.4 Å². The van der Waals surface area contributed by atoms with Gasteiger partial charge < -0.3 is 19.1 Å². The molecule has 0 unspecified atom stereocenters. The molecule has 0 spiro atoms. The normalized spacial score (nSPS) is 15.2. The number of rotatable bonds is 11. The lowest BCUT2D eigenvalue weighted by molar-refractivity contribution is 0.0526. The van der Waals surface area contributed by atoms with Gasteiger partial charge in [-0.1, -0.05) is 0 Å². The molecule has 0 aromatic heterocycles. The molecular formula is C21H33NO4. The summed E-state index contributed by atoms with van der Waals surface area (Å²) in [4.78, 5) is 14.1. The highest BCUT2D eigenvalue weighted by molar-refractivity contribution is 5.89. The van der Waals surface area contributed by atoms with E-state index in [1.54, 1.807) is 7.11 Å². The van der Waals surface area contributed by atoms with E-state index in [-0.39, 0.29) is 5.97 Å². The Labute approximate surface area is 157 Å². The van der Waals surface area contributed by atoms with Crippen LogP contribution >= 0.6 is 0 Å². The topological polar surface area (TPSA) is 48.0 Å². The number of piperidine rings is 1. The van der Waals surface area contributed by atoms with Gasteiger partial charge >= 0.3 is 5.97 Å². The Bertz CT molecular complexity index is 509. The van der Waals surface area contributed by atoms with Crippen LogP contribution in [0.15, 0.2) is 24.3 Å². The second-order valence-corrected chi connectivity index (χ2v) is 6.83. The fourth-order valence-corrected chi connectivity index (χ4v) is 3.26. The zero-order valence-corrected chi connectivity index (χ0v) is 16.2. The SMILES string of the molecule is CCOC(=O)c1ccc(N2CCC(COCCCCCOC)CC2)cc1. The monoisotopic (exact) mass is 363 g/mol. The molecule has 5 heteroatoms. The molecule has 0 aliphatic carbocycles. The maximum absolute atomic E-state index is 11.7. The number of benzene rings is 1. The lowest BCUT2D eigenvalue weighted by Crippen LogP contribution is -2.35. The minimum absolute atomic E-state index is 0.253. The van der Waals surface area contributed by atoms with Crippen LogP contribution in [0.4, 0.5) is 5.69 Å². The smallest absolute Gasteiger partial charge is 0.338 e. The Morgan fingerprint density at radius 2 is 1.77 bits per heavy atom. The predicted molar refractivity (Wildman–Crippen MR) is 104 cm³/mol. The molecular weight excluding hydrogens is 330 g/mol. The van der Waals surface area contributed by atoms with Crippen molar-refractivity contribution in [1.29, 1.82) is 0 Å². The summed E-state index contributed by atoms with van der Waals surface area (Å²) in [5, 5.41) is 0. The Morgan fingerprint density at radius 3 is 2.42 bits per heavy atom. The molecule has 0 atom stereocenters. The van der Waals surface area contributed by atoms with E-state index in [0.717, 1.165) is 58.6 Å². The number of methoxy groups -OCH3 is 1. The first-order valence-electron chi connectivity index (χ1n) is 9.83. The highest BCUT2D eigenvalue weighted by Gasteiger charge is 2.19. The molecule has 1 saturated heterocycles. The predicted octanol–water partition coefficient (Wildman–Crippen LogP) is 3.91. The van der Waals surface area contributed by atoms with Gasteiger partial charge in [0.25, 0.3) is 0 Å². The number of unbranched alkanes of at least 4 members (excludes halogenated alkanes) is 2. The van der Waals surface area contributed by atoms with Crippen molar-refractivity contribution < 1.29 is 19.0 Å². The number of hydrogen-bond acceptors (Lipinski definition) is 5. The summed E-state index contributed by atoms with van der Waals surface area (Å²) < 4.78 is 15.9. The first-order chi connectivity index (χ1) is 12.7. The van der Waals surface area contributed by atoms with E-state index < -0.39 is 0 Å². The zero-order valence-electron chi connectivity index (χ0n) is 16.2. The summed E-state index contributed by atoms with van der Waals surface area (Å²) in [5.41, 5.74) is 1.79. The molecule has 0 N–H and O–H groups in total.